The fourth-order valence-electron chi connectivity index (χ4n) is 2.46. The van der Waals surface area contributed by atoms with Crippen molar-refractivity contribution in [3.8, 4) is 5.75 Å². The second-order valence-electron chi connectivity index (χ2n) is 5.60. The van der Waals surface area contributed by atoms with Crippen molar-refractivity contribution in [3.05, 3.63) is 61.6 Å². The number of nitrogens with zero attached hydrogens (tertiary/aromatic N) is 1. The first-order chi connectivity index (χ1) is 13.3. The van der Waals surface area contributed by atoms with Crippen LogP contribution in [0.1, 0.15) is 5.56 Å². The van der Waals surface area contributed by atoms with Gasteiger partial charge in [0.15, 0.2) is 6.61 Å². The molecule has 1 saturated heterocycles. The van der Waals surface area contributed by atoms with Crippen LogP contribution in [-0.4, -0.2) is 29.6 Å². The molecule has 1 heterocycles. The predicted molar refractivity (Wildman–Crippen MR) is 110 cm³/mol. The monoisotopic (exact) mass is 528 g/mol. The summed E-state index contributed by atoms with van der Waals surface area (Å²) < 4.78 is 6.18. The molecular formula is C18H11Br2ClN2O5. The van der Waals surface area contributed by atoms with Gasteiger partial charge in [0, 0.05) is 5.02 Å². The number of ether oxygens (including phenoxy) is 1. The molecule has 28 heavy (non-hydrogen) atoms. The number of urea groups is 1. The highest BCUT2D eigenvalue weighted by molar-refractivity contribution is 9.11. The van der Waals surface area contributed by atoms with Crippen LogP contribution in [0.25, 0.3) is 6.08 Å². The number of imide groups is 1. The Hall–Kier alpha value is -2.36. The Kier molecular flexibility index (Phi) is 6.07. The number of aliphatic carboxylic acids is 1. The molecule has 2 aromatic rings. The minimum absolute atomic E-state index is 0.0953. The lowest BCUT2D eigenvalue weighted by Gasteiger charge is -2.11. The van der Waals surface area contributed by atoms with Gasteiger partial charge in [-0.15, -0.1) is 0 Å². The maximum atomic E-state index is 12.6. The highest BCUT2D eigenvalue weighted by Crippen LogP contribution is 2.35. The van der Waals surface area contributed by atoms with Gasteiger partial charge in [0.25, 0.3) is 5.91 Å². The van der Waals surface area contributed by atoms with Crippen molar-refractivity contribution < 1.29 is 24.2 Å². The Balaban J connectivity index is 1.87. The molecule has 0 atom stereocenters. The predicted octanol–water partition coefficient (Wildman–Crippen LogP) is 4.43. The van der Waals surface area contributed by atoms with Gasteiger partial charge in [0.1, 0.15) is 11.4 Å². The van der Waals surface area contributed by atoms with E-state index in [1.54, 1.807) is 36.4 Å². The lowest BCUT2D eigenvalue weighted by Crippen LogP contribution is -2.30. The molecule has 0 aromatic heterocycles. The van der Waals surface area contributed by atoms with Crippen molar-refractivity contribution in [2.24, 2.45) is 0 Å². The zero-order valence-corrected chi connectivity index (χ0v) is 17.8. The number of carbonyl (C=O) groups is 3. The quantitative estimate of drug-likeness (QED) is 0.441. The summed E-state index contributed by atoms with van der Waals surface area (Å²) in [5.41, 5.74) is 1.08. The zero-order chi connectivity index (χ0) is 20.4. The Labute approximate surface area is 181 Å². The van der Waals surface area contributed by atoms with E-state index in [2.05, 4.69) is 37.2 Å². The van der Waals surface area contributed by atoms with Crippen molar-refractivity contribution in [3.63, 3.8) is 0 Å². The van der Waals surface area contributed by atoms with Gasteiger partial charge in [-0.3, -0.25) is 4.79 Å². The number of hydrogen-bond donors (Lipinski definition) is 2. The number of carbonyl (C=O) groups excluding carboxylic acids is 2. The largest absolute Gasteiger partial charge is 0.480 e. The van der Waals surface area contributed by atoms with Crippen LogP contribution in [0, 0.1) is 0 Å². The van der Waals surface area contributed by atoms with Crippen LogP contribution in [0.2, 0.25) is 5.02 Å². The van der Waals surface area contributed by atoms with Crippen molar-refractivity contribution >= 4 is 73.1 Å². The lowest BCUT2D eigenvalue weighted by atomic mass is 10.2. The number of hydrogen-bond acceptors (Lipinski definition) is 4. The summed E-state index contributed by atoms with van der Waals surface area (Å²) in [6.45, 7) is -0.498. The lowest BCUT2D eigenvalue weighted by molar-refractivity contribution is -0.139. The molecule has 1 aliphatic rings. The SMILES string of the molecule is O=C(O)COc1c(Br)cc(/C=C2/NC(=O)N(c3ccc(Cl)cc3)C2=O)cc1Br. The van der Waals surface area contributed by atoms with E-state index < -0.39 is 24.5 Å². The summed E-state index contributed by atoms with van der Waals surface area (Å²) in [7, 11) is 0. The second-order valence-corrected chi connectivity index (χ2v) is 7.75. The first kappa shape index (κ1) is 20.4. The maximum Gasteiger partial charge on any atom is 0.341 e. The molecule has 3 rings (SSSR count). The van der Waals surface area contributed by atoms with Crippen LogP contribution in [0.5, 0.6) is 5.75 Å². The van der Waals surface area contributed by atoms with Crippen LogP contribution in [0.15, 0.2) is 51.0 Å². The molecule has 3 amide bonds. The maximum absolute atomic E-state index is 12.6. The van der Waals surface area contributed by atoms with Gasteiger partial charge in [-0.25, -0.2) is 14.5 Å². The molecule has 7 nitrogen and oxygen atoms in total. The average molecular weight is 531 g/mol. The highest BCUT2D eigenvalue weighted by atomic mass is 79.9. The topological polar surface area (TPSA) is 95.9 Å². The number of carboxylic acid groups (broad SMARTS) is 1. The highest BCUT2D eigenvalue weighted by Gasteiger charge is 2.34. The number of benzene rings is 2. The molecule has 0 bridgehead atoms. The first-order valence-corrected chi connectivity index (χ1v) is 9.69. The summed E-state index contributed by atoms with van der Waals surface area (Å²) in [6.07, 6.45) is 1.51. The van der Waals surface area contributed by atoms with Gasteiger partial charge in [-0.1, -0.05) is 11.6 Å². The van der Waals surface area contributed by atoms with Crippen LogP contribution in [0.3, 0.4) is 0 Å². The minimum Gasteiger partial charge on any atom is -0.480 e. The number of carboxylic acids is 1. The summed E-state index contributed by atoms with van der Waals surface area (Å²) in [4.78, 5) is 36.6. The van der Waals surface area contributed by atoms with Gasteiger partial charge < -0.3 is 15.2 Å². The van der Waals surface area contributed by atoms with E-state index in [-0.39, 0.29) is 5.70 Å². The van der Waals surface area contributed by atoms with Gasteiger partial charge >= 0.3 is 12.0 Å². The molecule has 0 unspecified atom stereocenters. The molecule has 1 fully saturated rings. The second kappa shape index (κ2) is 8.34. The normalized spacial score (nSPS) is 15.1. The van der Waals surface area contributed by atoms with E-state index in [0.29, 0.717) is 31.0 Å². The van der Waals surface area contributed by atoms with Crippen molar-refractivity contribution in [1.82, 2.24) is 5.32 Å². The number of halogens is 3. The molecule has 0 radical (unpaired) electrons. The van der Waals surface area contributed by atoms with Gasteiger partial charge in [-0.05, 0) is 79.9 Å². The molecule has 0 spiro atoms. The van der Waals surface area contributed by atoms with E-state index in [1.165, 1.54) is 6.08 Å². The summed E-state index contributed by atoms with van der Waals surface area (Å²) >= 11 is 12.5. The van der Waals surface area contributed by atoms with E-state index in [0.717, 1.165) is 4.90 Å². The molecule has 10 heteroatoms. The summed E-state index contributed by atoms with van der Waals surface area (Å²) in [6, 6.07) is 9.03. The van der Waals surface area contributed by atoms with Crippen LogP contribution in [0.4, 0.5) is 10.5 Å². The minimum atomic E-state index is -1.11. The number of amides is 3. The van der Waals surface area contributed by atoms with Crippen molar-refractivity contribution in [1.29, 1.82) is 0 Å². The third kappa shape index (κ3) is 4.37. The zero-order valence-electron chi connectivity index (χ0n) is 13.9. The third-order valence-electron chi connectivity index (χ3n) is 3.63. The first-order valence-electron chi connectivity index (χ1n) is 7.72. The summed E-state index contributed by atoms with van der Waals surface area (Å²) in [5, 5.41) is 11.8. The molecule has 2 N–H and O–H groups in total. The molecule has 144 valence electrons. The Morgan fingerprint density at radius 1 is 1.18 bits per heavy atom. The van der Waals surface area contributed by atoms with Crippen LogP contribution in [-0.2, 0) is 9.59 Å². The van der Waals surface area contributed by atoms with E-state index in [1.807, 2.05) is 0 Å². The summed E-state index contributed by atoms with van der Waals surface area (Å²) in [5.74, 6) is -1.30. The molecule has 2 aromatic carbocycles. The van der Waals surface area contributed by atoms with Gasteiger partial charge in [0.05, 0.1) is 14.6 Å². The van der Waals surface area contributed by atoms with Crippen LogP contribution >= 0.6 is 43.5 Å². The molecule has 0 saturated carbocycles. The third-order valence-corrected chi connectivity index (χ3v) is 5.06. The van der Waals surface area contributed by atoms with E-state index >= 15 is 0 Å². The smallest absolute Gasteiger partial charge is 0.341 e. The average Bonchev–Trinajstić information content (AvgIpc) is 2.88. The van der Waals surface area contributed by atoms with E-state index in [9.17, 15) is 14.4 Å². The Morgan fingerprint density at radius 2 is 1.79 bits per heavy atom. The molecule has 1 aliphatic heterocycles. The number of rotatable bonds is 5. The van der Waals surface area contributed by atoms with Crippen molar-refractivity contribution in [2.75, 3.05) is 11.5 Å². The van der Waals surface area contributed by atoms with E-state index in [4.69, 9.17) is 21.4 Å². The fourth-order valence-corrected chi connectivity index (χ4v) is 4.04. The Morgan fingerprint density at radius 3 is 2.36 bits per heavy atom. The van der Waals surface area contributed by atoms with Gasteiger partial charge in [-0.2, -0.15) is 0 Å². The fraction of sp³-hybridized carbons (Fsp3) is 0.0556. The van der Waals surface area contributed by atoms with Crippen molar-refractivity contribution in [2.45, 2.75) is 0 Å². The molecule has 0 aliphatic carbocycles. The van der Waals surface area contributed by atoms with Crippen LogP contribution < -0.4 is 15.0 Å². The Bertz CT molecular complexity index is 985. The van der Waals surface area contributed by atoms with Gasteiger partial charge in [0.2, 0.25) is 0 Å². The number of anilines is 1. The standard InChI is InChI=1S/C18H11Br2ClN2O5/c19-12-5-9(6-13(20)16(12)28-8-15(24)25)7-14-17(26)23(18(27)22-14)11-3-1-10(21)2-4-11/h1-7H,8H2,(H,22,27)(H,24,25)/b14-7+. The number of nitrogens with one attached hydrogen (secondary N) is 1. The molecular weight excluding hydrogens is 519 g/mol.